The van der Waals surface area contributed by atoms with Crippen LogP contribution in [0, 0.1) is 0 Å². The number of ketones is 1. The molecule has 0 spiro atoms. The second-order valence-electron chi connectivity index (χ2n) is 7.65. The summed E-state index contributed by atoms with van der Waals surface area (Å²) in [5, 5.41) is 11.2. The maximum atomic E-state index is 13.2. The molecule has 0 radical (unpaired) electrons. The Morgan fingerprint density at radius 3 is 2.56 bits per heavy atom. The molecule has 7 heteroatoms. The Bertz CT molecular complexity index is 1240. The average molecular weight is 456 g/mol. The summed E-state index contributed by atoms with van der Waals surface area (Å²) in [6.45, 7) is 4.11. The molecular weight excluding hydrogens is 432 g/mol. The summed E-state index contributed by atoms with van der Waals surface area (Å²) in [5.74, 6) is -0.630. The van der Waals surface area contributed by atoms with E-state index in [2.05, 4.69) is 11.6 Å². The molecule has 34 heavy (non-hydrogen) atoms. The molecule has 1 N–H and O–H groups in total. The number of amides is 1. The highest BCUT2D eigenvalue weighted by atomic mass is 16.5. The van der Waals surface area contributed by atoms with Crippen molar-refractivity contribution in [3.8, 4) is 11.5 Å². The first-order chi connectivity index (χ1) is 16.5. The lowest BCUT2D eigenvalue weighted by Crippen LogP contribution is -2.29. The number of nitrogens with zero attached hydrogens (tertiary/aromatic N) is 2. The number of aliphatic hydroxyl groups excluding tert-OH is 1. The van der Waals surface area contributed by atoms with Crippen LogP contribution in [-0.2, 0) is 16.1 Å². The lowest BCUT2D eigenvalue weighted by molar-refractivity contribution is -0.140. The van der Waals surface area contributed by atoms with Crippen molar-refractivity contribution in [2.45, 2.75) is 12.6 Å². The highest BCUT2D eigenvalue weighted by molar-refractivity contribution is 6.46. The van der Waals surface area contributed by atoms with Gasteiger partial charge < -0.3 is 19.5 Å². The van der Waals surface area contributed by atoms with Crippen molar-refractivity contribution < 1.29 is 24.2 Å². The molecule has 2 aromatic carbocycles. The van der Waals surface area contributed by atoms with Crippen LogP contribution in [0.15, 0.2) is 91.3 Å². The van der Waals surface area contributed by atoms with Gasteiger partial charge in [-0.1, -0.05) is 36.9 Å². The van der Waals surface area contributed by atoms with Crippen LogP contribution in [0.5, 0.6) is 11.5 Å². The molecule has 1 aliphatic heterocycles. The van der Waals surface area contributed by atoms with E-state index in [1.54, 1.807) is 73.1 Å². The predicted molar refractivity (Wildman–Crippen MR) is 127 cm³/mol. The van der Waals surface area contributed by atoms with Gasteiger partial charge in [0, 0.05) is 30.1 Å². The lowest BCUT2D eigenvalue weighted by Gasteiger charge is -2.26. The van der Waals surface area contributed by atoms with E-state index in [4.69, 9.17) is 9.47 Å². The quantitative estimate of drug-likeness (QED) is 0.236. The number of pyridine rings is 1. The van der Waals surface area contributed by atoms with Crippen molar-refractivity contribution >= 4 is 17.4 Å². The van der Waals surface area contributed by atoms with Crippen LogP contribution >= 0.6 is 0 Å². The minimum Gasteiger partial charge on any atom is -0.507 e. The fourth-order valence-corrected chi connectivity index (χ4v) is 3.97. The number of aromatic nitrogens is 1. The third kappa shape index (κ3) is 4.41. The molecule has 0 unspecified atom stereocenters. The van der Waals surface area contributed by atoms with Crippen LogP contribution in [0.4, 0.5) is 0 Å². The fraction of sp³-hybridized carbons (Fsp3) is 0.148. The monoisotopic (exact) mass is 456 g/mol. The second kappa shape index (κ2) is 10.0. The van der Waals surface area contributed by atoms with Gasteiger partial charge in [0.15, 0.2) is 0 Å². The molecule has 172 valence electrons. The van der Waals surface area contributed by atoms with Crippen molar-refractivity contribution in [1.82, 2.24) is 9.88 Å². The molecule has 1 aliphatic rings. The summed E-state index contributed by atoms with van der Waals surface area (Å²) >= 11 is 0. The maximum Gasteiger partial charge on any atom is 0.295 e. The Morgan fingerprint density at radius 1 is 1.12 bits per heavy atom. The van der Waals surface area contributed by atoms with E-state index >= 15 is 0 Å². The Labute approximate surface area is 197 Å². The third-order valence-corrected chi connectivity index (χ3v) is 5.54. The largest absolute Gasteiger partial charge is 0.507 e. The van der Waals surface area contributed by atoms with Gasteiger partial charge in [0.05, 0.1) is 18.7 Å². The molecule has 0 bridgehead atoms. The highest BCUT2D eigenvalue weighted by Crippen LogP contribution is 2.43. The van der Waals surface area contributed by atoms with Gasteiger partial charge in [0.1, 0.15) is 23.9 Å². The molecular formula is C27H24N2O5. The number of carbonyl (C=O) groups excluding carboxylic acids is 2. The maximum absolute atomic E-state index is 13.2. The zero-order valence-electron chi connectivity index (χ0n) is 18.7. The summed E-state index contributed by atoms with van der Waals surface area (Å²) in [5.41, 5.74) is 1.75. The van der Waals surface area contributed by atoms with Gasteiger partial charge >= 0.3 is 0 Å². The van der Waals surface area contributed by atoms with Gasteiger partial charge in [-0.05, 0) is 42.0 Å². The Balaban J connectivity index is 1.82. The van der Waals surface area contributed by atoms with Gasteiger partial charge in [0.25, 0.3) is 11.7 Å². The second-order valence-corrected chi connectivity index (χ2v) is 7.65. The molecule has 1 aromatic heterocycles. The smallest absolute Gasteiger partial charge is 0.295 e. The number of likely N-dealkylation sites (tertiary alicyclic amines) is 1. The van der Waals surface area contributed by atoms with Gasteiger partial charge in [0.2, 0.25) is 0 Å². The molecule has 1 atom stereocenters. The first-order valence-corrected chi connectivity index (χ1v) is 10.7. The fourth-order valence-electron chi connectivity index (χ4n) is 3.97. The molecule has 1 fully saturated rings. The van der Waals surface area contributed by atoms with Gasteiger partial charge in [-0.15, -0.1) is 0 Å². The van der Waals surface area contributed by atoms with Crippen molar-refractivity contribution in [3.63, 3.8) is 0 Å². The Morgan fingerprint density at radius 2 is 1.88 bits per heavy atom. The molecule has 3 aromatic rings. The van der Waals surface area contributed by atoms with Crippen LogP contribution in [0.1, 0.15) is 22.7 Å². The Kier molecular flexibility index (Phi) is 6.73. The zero-order valence-corrected chi connectivity index (χ0v) is 18.7. The molecule has 1 saturated heterocycles. The summed E-state index contributed by atoms with van der Waals surface area (Å²) in [7, 11) is 1.52. The van der Waals surface area contributed by atoms with Crippen molar-refractivity contribution in [1.29, 1.82) is 0 Å². The predicted octanol–water partition coefficient (Wildman–Crippen LogP) is 4.28. The zero-order chi connectivity index (χ0) is 24.1. The number of hydrogen-bond acceptors (Lipinski definition) is 6. The van der Waals surface area contributed by atoms with Crippen LogP contribution in [-0.4, -0.2) is 40.4 Å². The first-order valence-electron chi connectivity index (χ1n) is 10.7. The van der Waals surface area contributed by atoms with Gasteiger partial charge in [-0.2, -0.15) is 0 Å². The number of methoxy groups -OCH3 is 1. The number of Topliss-reactive ketones (excluding diaryl/α,β-unsaturated/α-hetero) is 1. The number of para-hydroxylation sites is 1. The standard InChI is InChI=1S/C27H24N2O5/c1-3-15-34-20-12-10-19(11-13-20)25(30)23-24(21-8-4-5-9-22(21)33-2)29(27(32)26(23)31)17-18-7-6-14-28-16-18/h3-14,16,24,30H,1,15,17H2,2H3/t24-/m0/s1. The highest BCUT2D eigenvalue weighted by Gasteiger charge is 2.47. The molecule has 1 amide bonds. The number of hydrogen-bond donors (Lipinski definition) is 1. The topological polar surface area (TPSA) is 89.0 Å². The number of carbonyl (C=O) groups is 2. The minimum absolute atomic E-state index is 0.00171. The SMILES string of the molecule is C=CCOc1ccc(C(O)=C2C(=O)C(=O)N(Cc3cccnc3)[C@H]2c2ccccc2OC)cc1. The average Bonchev–Trinajstić information content (AvgIpc) is 3.12. The van der Waals surface area contributed by atoms with E-state index in [1.807, 2.05) is 6.07 Å². The molecule has 4 rings (SSSR count). The van der Waals surface area contributed by atoms with Gasteiger partial charge in [-0.3, -0.25) is 14.6 Å². The molecule has 0 aliphatic carbocycles. The van der Waals surface area contributed by atoms with Crippen molar-refractivity contribution in [3.05, 3.63) is 108 Å². The molecule has 2 heterocycles. The number of aliphatic hydroxyl groups is 1. The van der Waals surface area contributed by atoms with E-state index < -0.39 is 17.7 Å². The van der Waals surface area contributed by atoms with Gasteiger partial charge in [-0.25, -0.2) is 0 Å². The van der Waals surface area contributed by atoms with E-state index in [9.17, 15) is 14.7 Å². The normalized spacial score (nSPS) is 17.0. The number of rotatable bonds is 8. The molecule has 0 saturated carbocycles. The minimum atomic E-state index is -0.840. The van der Waals surface area contributed by atoms with Crippen molar-refractivity contribution in [2.24, 2.45) is 0 Å². The summed E-state index contributed by atoms with van der Waals surface area (Å²) in [6, 6.07) is 16.5. The van der Waals surface area contributed by atoms with Crippen LogP contribution in [0.25, 0.3) is 5.76 Å². The van der Waals surface area contributed by atoms with E-state index in [0.717, 1.165) is 5.56 Å². The van der Waals surface area contributed by atoms with E-state index in [-0.39, 0.29) is 17.9 Å². The summed E-state index contributed by atoms with van der Waals surface area (Å²) < 4.78 is 11.0. The summed E-state index contributed by atoms with van der Waals surface area (Å²) in [4.78, 5) is 31.9. The summed E-state index contributed by atoms with van der Waals surface area (Å²) in [6.07, 6.45) is 4.91. The van der Waals surface area contributed by atoms with Crippen LogP contribution < -0.4 is 9.47 Å². The molecule has 7 nitrogen and oxygen atoms in total. The number of benzene rings is 2. The lowest BCUT2D eigenvalue weighted by atomic mass is 9.94. The van der Waals surface area contributed by atoms with E-state index in [1.165, 1.54) is 12.0 Å². The van der Waals surface area contributed by atoms with Crippen LogP contribution in [0.3, 0.4) is 0 Å². The van der Waals surface area contributed by atoms with Crippen LogP contribution in [0.2, 0.25) is 0 Å². The first kappa shape index (κ1) is 22.8. The van der Waals surface area contributed by atoms with E-state index in [0.29, 0.717) is 29.2 Å². The third-order valence-electron chi connectivity index (χ3n) is 5.54. The van der Waals surface area contributed by atoms with Crippen molar-refractivity contribution in [2.75, 3.05) is 13.7 Å². The Hall–Kier alpha value is -4.39. The number of ether oxygens (including phenoxy) is 2.